The maximum absolute atomic E-state index is 12.2. The molecule has 0 saturated heterocycles. The maximum atomic E-state index is 12.2. The Hall–Kier alpha value is -2.90. The van der Waals surface area contributed by atoms with Gasteiger partial charge in [-0.15, -0.1) is 12.4 Å². The summed E-state index contributed by atoms with van der Waals surface area (Å²) in [6.07, 6.45) is 1.04. The molecule has 0 bridgehead atoms. The minimum atomic E-state index is -0.0283. The van der Waals surface area contributed by atoms with Crippen LogP contribution in [-0.4, -0.2) is 36.2 Å². The molecular weight excluding hydrogens is 404 g/mol. The molecule has 160 valence electrons. The number of halogens is 1. The van der Waals surface area contributed by atoms with Gasteiger partial charge in [0.2, 0.25) is 5.91 Å². The van der Waals surface area contributed by atoms with E-state index in [1.807, 2.05) is 55.6 Å². The first-order valence-electron chi connectivity index (χ1n) is 9.56. The van der Waals surface area contributed by atoms with E-state index >= 15 is 0 Å². The van der Waals surface area contributed by atoms with Crippen molar-refractivity contribution in [1.82, 2.24) is 20.8 Å². The van der Waals surface area contributed by atoms with Gasteiger partial charge in [0.1, 0.15) is 5.75 Å². The van der Waals surface area contributed by atoms with E-state index < -0.39 is 0 Å². The van der Waals surface area contributed by atoms with E-state index in [1.54, 1.807) is 7.11 Å². The van der Waals surface area contributed by atoms with Gasteiger partial charge < -0.3 is 19.9 Å². The highest BCUT2D eigenvalue weighted by atomic mass is 35.5. The molecule has 0 aliphatic heterocycles. The number of methoxy groups -OCH3 is 1. The molecule has 0 aliphatic rings. The topological polar surface area (TPSA) is 89.3 Å². The van der Waals surface area contributed by atoms with Crippen LogP contribution in [0.1, 0.15) is 23.9 Å². The van der Waals surface area contributed by atoms with E-state index in [2.05, 4.69) is 27.7 Å². The summed E-state index contributed by atoms with van der Waals surface area (Å²) >= 11 is 0. The second-order valence-electron chi connectivity index (χ2n) is 6.91. The van der Waals surface area contributed by atoms with E-state index in [4.69, 9.17) is 9.26 Å². The van der Waals surface area contributed by atoms with Crippen LogP contribution in [0.15, 0.2) is 53.1 Å². The molecule has 2 N–H and O–H groups in total. The van der Waals surface area contributed by atoms with Crippen molar-refractivity contribution in [3.63, 3.8) is 0 Å². The normalized spacial score (nSPS) is 11.4. The zero-order chi connectivity index (χ0) is 20.6. The van der Waals surface area contributed by atoms with E-state index in [1.165, 1.54) is 0 Å². The molecule has 0 fully saturated rings. The molecule has 3 rings (SSSR count). The molecule has 1 heterocycles. The summed E-state index contributed by atoms with van der Waals surface area (Å²) in [6, 6.07) is 15.5. The number of carbonyl (C=O) groups is 1. The van der Waals surface area contributed by atoms with Crippen molar-refractivity contribution in [2.45, 2.75) is 32.4 Å². The summed E-state index contributed by atoms with van der Waals surface area (Å²) in [5.74, 6) is 1.92. The second-order valence-corrected chi connectivity index (χ2v) is 6.91. The van der Waals surface area contributed by atoms with E-state index in [0.717, 1.165) is 22.4 Å². The summed E-state index contributed by atoms with van der Waals surface area (Å²) in [5.41, 5.74) is 2.80. The first-order valence-corrected chi connectivity index (χ1v) is 9.56. The van der Waals surface area contributed by atoms with Gasteiger partial charge in [0.25, 0.3) is 5.89 Å². The van der Waals surface area contributed by atoms with Crippen molar-refractivity contribution in [3.8, 4) is 17.2 Å². The predicted molar refractivity (Wildman–Crippen MR) is 118 cm³/mol. The van der Waals surface area contributed by atoms with Crippen LogP contribution < -0.4 is 15.4 Å². The maximum Gasteiger partial charge on any atom is 0.257 e. The fraction of sp³-hybridized carbons (Fsp3) is 0.318. The summed E-state index contributed by atoms with van der Waals surface area (Å²) in [6.45, 7) is 2.53. The Bertz CT molecular complexity index is 926. The molecule has 3 aromatic rings. The highest BCUT2D eigenvalue weighted by Gasteiger charge is 2.11. The van der Waals surface area contributed by atoms with Gasteiger partial charge in [-0.25, -0.2) is 0 Å². The van der Waals surface area contributed by atoms with Crippen molar-refractivity contribution in [1.29, 1.82) is 0 Å². The Morgan fingerprint density at radius 1 is 1.10 bits per heavy atom. The second kappa shape index (κ2) is 11.3. The number of amides is 1. The zero-order valence-corrected chi connectivity index (χ0v) is 18.2. The average Bonchev–Trinajstić information content (AvgIpc) is 3.21. The number of rotatable bonds is 9. The van der Waals surface area contributed by atoms with Crippen LogP contribution in [-0.2, 0) is 24.2 Å². The molecule has 7 nitrogen and oxygen atoms in total. The Morgan fingerprint density at radius 3 is 2.40 bits per heavy atom. The Kier molecular flexibility index (Phi) is 8.83. The lowest BCUT2D eigenvalue weighted by Crippen LogP contribution is -2.24. The number of aromatic nitrogens is 2. The van der Waals surface area contributed by atoms with Gasteiger partial charge in [-0.1, -0.05) is 29.4 Å². The summed E-state index contributed by atoms with van der Waals surface area (Å²) in [7, 11) is 3.52. The fourth-order valence-corrected chi connectivity index (χ4v) is 2.79. The molecule has 8 heteroatoms. The third-order valence-corrected chi connectivity index (χ3v) is 4.66. The van der Waals surface area contributed by atoms with E-state index in [9.17, 15) is 4.79 Å². The highest BCUT2D eigenvalue weighted by molar-refractivity contribution is 5.85. The SMILES string of the molecule is CNC(C)Cc1noc(-c2ccc(CNC(=O)Cc3ccc(OC)cc3)cc2)n1.Cl. The first-order chi connectivity index (χ1) is 14.1. The minimum Gasteiger partial charge on any atom is -0.497 e. The molecule has 0 saturated carbocycles. The molecule has 2 aromatic carbocycles. The van der Waals surface area contributed by atoms with Crippen LogP contribution >= 0.6 is 12.4 Å². The van der Waals surface area contributed by atoms with Crippen LogP contribution in [0.2, 0.25) is 0 Å². The average molecular weight is 431 g/mol. The van der Waals surface area contributed by atoms with Gasteiger partial charge >= 0.3 is 0 Å². The predicted octanol–water partition coefficient (Wildman–Crippen LogP) is 3.18. The quantitative estimate of drug-likeness (QED) is 0.542. The van der Waals surface area contributed by atoms with E-state index in [0.29, 0.717) is 31.1 Å². The third-order valence-electron chi connectivity index (χ3n) is 4.66. The van der Waals surface area contributed by atoms with Gasteiger partial charge in [-0.2, -0.15) is 4.98 Å². The molecule has 1 amide bonds. The molecule has 0 aliphatic carbocycles. The molecular formula is C22H27ClN4O3. The smallest absolute Gasteiger partial charge is 0.257 e. The lowest BCUT2D eigenvalue weighted by molar-refractivity contribution is -0.120. The number of likely N-dealkylation sites (N-methyl/N-ethyl adjacent to an activating group) is 1. The lowest BCUT2D eigenvalue weighted by Gasteiger charge is -2.07. The van der Waals surface area contributed by atoms with Crippen molar-refractivity contribution in [2.24, 2.45) is 0 Å². The Balaban J connectivity index is 0.00000320. The van der Waals surface area contributed by atoms with Gasteiger partial charge in [0.05, 0.1) is 13.5 Å². The zero-order valence-electron chi connectivity index (χ0n) is 17.3. The number of nitrogens with zero attached hydrogens (tertiary/aromatic N) is 2. The number of nitrogens with one attached hydrogen (secondary N) is 2. The number of benzene rings is 2. The standard InChI is InChI=1S/C22H26N4O3.ClH/c1-15(23-2)12-20-25-22(29-26-20)18-8-4-17(5-9-18)14-24-21(27)13-16-6-10-19(28-3)11-7-16;/h4-11,15,23H,12-14H2,1-3H3,(H,24,27);1H. The summed E-state index contributed by atoms with van der Waals surface area (Å²) in [4.78, 5) is 16.6. The monoisotopic (exact) mass is 430 g/mol. The van der Waals surface area contributed by atoms with Gasteiger partial charge in [-0.3, -0.25) is 4.79 Å². The highest BCUT2D eigenvalue weighted by Crippen LogP contribution is 2.18. The van der Waals surface area contributed by atoms with Crippen molar-refractivity contribution in [2.75, 3.05) is 14.2 Å². The van der Waals surface area contributed by atoms with Crippen LogP contribution in [0, 0.1) is 0 Å². The Morgan fingerprint density at radius 2 is 1.77 bits per heavy atom. The van der Waals surface area contributed by atoms with Crippen LogP contribution in [0.3, 0.4) is 0 Å². The minimum absolute atomic E-state index is 0. The lowest BCUT2D eigenvalue weighted by atomic mass is 10.1. The van der Waals surface area contributed by atoms with Crippen molar-refractivity contribution >= 4 is 18.3 Å². The van der Waals surface area contributed by atoms with Crippen LogP contribution in [0.4, 0.5) is 0 Å². The fourth-order valence-electron chi connectivity index (χ4n) is 2.79. The number of carbonyl (C=O) groups excluding carboxylic acids is 1. The summed E-state index contributed by atoms with van der Waals surface area (Å²) < 4.78 is 10.5. The Labute approximate surface area is 182 Å². The molecule has 1 atom stereocenters. The van der Waals surface area contributed by atoms with Crippen molar-refractivity contribution < 1.29 is 14.1 Å². The van der Waals surface area contributed by atoms with Crippen molar-refractivity contribution in [3.05, 3.63) is 65.5 Å². The first kappa shape index (κ1) is 23.4. The van der Waals surface area contributed by atoms with Gasteiger partial charge in [0, 0.05) is 24.6 Å². The molecule has 0 spiro atoms. The third kappa shape index (κ3) is 6.57. The summed E-state index contributed by atoms with van der Waals surface area (Å²) in [5, 5.41) is 10.1. The van der Waals surface area contributed by atoms with Crippen LogP contribution in [0.25, 0.3) is 11.5 Å². The van der Waals surface area contributed by atoms with Crippen LogP contribution in [0.5, 0.6) is 5.75 Å². The number of hydrogen-bond donors (Lipinski definition) is 2. The molecule has 0 radical (unpaired) electrons. The molecule has 30 heavy (non-hydrogen) atoms. The largest absolute Gasteiger partial charge is 0.497 e. The number of ether oxygens (including phenoxy) is 1. The molecule has 1 unspecified atom stereocenters. The van der Waals surface area contributed by atoms with E-state index in [-0.39, 0.29) is 24.4 Å². The molecule has 1 aromatic heterocycles. The van der Waals surface area contributed by atoms with Gasteiger partial charge in [0.15, 0.2) is 5.82 Å². The number of hydrogen-bond acceptors (Lipinski definition) is 6. The van der Waals surface area contributed by atoms with Gasteiger partial charge in [-0.05, 0) is 49.4 Å².